The lowest BCUT2D eigenvalue weighted by Crippen LogP contribution is -2.35. The van der Waals surface area contributed by atoms with Gasteiger partial charge in [0.05, 0.1) is 5.41 Å². The zero-order valence-electron chi connectivity index (χ0n) is 13.9. The Bertz CT molecular complexity index is 501. The van der Waals surface area contributed by atoms with Crippen molar-refractivity contribution in [3.63, 3.8) is 0 Å². The van der Waals surface area contributed by atoms with E-state index >= 15 is 0 Å². The summed E-state index contributed by atoms with van der Waals surface area (Å²) in [6, 6.07) is 5.96. The number of ether oxygens (including phenoxy) is 1. The average Bonchev–Trinajstić information content (AvgIpc) is 2.34. The molecule has 2 N–H and O–H groups in total. The molecule has 0 saturated carbocycles. The van der Waals surface area contributed by atoms with Crippen molar-refractivity contribution in [3.8, 4) is 5.75 Å². The van der Waals surface area contributed by atoms with E-state index in [0.29, 0.717) is 6.54 Å². The molecule has 0 aliphatic heterocycles. The molecule has 0 spiro atoms. The van der Waals surface area contributed by atoms with Crippen LogP contribution in [0.15, 0.2) is 18.2 Å². The maximum atomic E-state index is 11.1. The molecule has 118 valence electrons. The highest BCUT2D eigenvalue weighted by Crippen LogP contribution is 2.24. The molecule has 4 heteroatoms. The molecule has 0 amide bonds. The van der Waals surface area contributed by atoms with E-state index in [1.165, 1.54) is 0 Å². The predicted molar refractivity (Wildman–Crippen MR) is 84.7 cm³/mol. The van der Waals surface area contributed by atoms with Crippen LogP contribution in [0.3, 0.4) is 0 Å². The van der Waals surface area contributed by atoms with E-state index in [2.05, 4.69) is 32.2 Å². The van der Waals surface area contributed by atoms with Crippen molar-refractivity contribution in [1.29, 1.82) is 0 Å². The van der Waals surface area contributed by atoms with Gasteiger partial charge in [-0.3, -0.25) is 4.79 Å². The van der Waals surface area contributed by atoms with Crippen molar-refractivity contribution in [3.05, 3.63) is 29.3 Å². The van der Waals surface area contributed by atoms with Crippen molar-refractivity contribution in [2.75, 3.05) is 6.61 Å². The van der Waals surface area contributed by atoms with Gasteiger partial charge in [-0.05, 0) is 47.6 Å². The van der Waals surface area contributed by atoms with Crippen LogP contribution in [0.4, 0.5) is 0 Å². The lowest BCUT2D eigenvalue weighted by Gasteiger charge is -2.24. The minimum Gasteiger partial charge on any atom is -0.492 e. The largest absolute Gasteiger partial charge is 0.492 e. The molecule has 1 aromatic rings. The van der Waals surface area contributed by atoms with Gasteiger partial charge in [-0.25, -0.2) is 0 Å². The number of aryl methyl sites for hydroxylation is 1. The monoisotopic (exact) mass is 293 g/mol. The van der Waals surface area contributed by atoms with Crippen molar-refractivity contribution >= 4 is 5.97 Å². The van der Waals surface area contributed by atoms with E-state index in [0.717, 1.165) is 16.9 Å². The normalized spacial score (nSPS) is 12.3. The van der Waals surface area contributed by atoms with Crippen molar-refractivity contribution in [2.24, 2.45) is 5.41 Å². The number of carbonyl (C=O) groups is 1. The van der Waals surface area contributed by atoms with Gasteiger partial charge in [0.15, 0.2) is 0 Å². The Morgan fingerprint density at radius 1 is 1.24 bits per heavy atom. The number of hydrogen-bond acceptors (Lipinski definition) is 3. The minimum absolute atomic E-state index is 0.0152. The van der Waals surface area contributed by atoms with Crippen molar-refractivity contribution < 1.29 is 14.6 Å². The summed E-state index contributed by atoms with van der Waals surface area (Å²) in [6.45, 7) is 12.5. The minimum atomic E-state index is -0.903. The average molecular weight is 293 g/mol. The fourth-order valence-electron chi connectivity index (χ4n) is 1.67. The van der Waals surface area contributed by atoms with Gasteiger partial charge >= 0.3 is 5.97 Å². The molecule has 0 saturated heterocycles. The van der Waals surface area contributed by atoms with Crippen LogP contribution >= 0.6 is 0 Å². The Morgan fingerprint density at radius 2 is 1.86 bits per heavy atom. The van der Waals surface area contributed by atoms with E-state index in [9.17, 15) is 4.79 Å². The molecule has 0 atom stereocenters. The predicted octanol–water partition coefficient (Wildman–Crippen LogP) is 3.37. The third kappa shape index (κ3) is 5.76. The first-order valence-corrected chi connectivity index (χ1v) is 7.22. The van der Waals surface area contributed by atoms with Gasteiger partial charge in [0.25, 0.3) is 0 Å². The molecule has 0 bridgehead atoms. The second kappa shape index (κ2) is 6.48. The maximum Gasteiger partial charge on any atom is 0.312 e. The molecular weight excluding hydrogens is 266 g/mol. The first-order chi connectivity index (χ1) is 9.51. The van der Waals surface area contributed by atoms with Crippen LogP contribution in [0.25, 0.3) is 0 Å². The molecule has 21 heavy (non-hydrogen) atoms. The quantitative estimate of drug-likeness (QED) is 0.844. The number of hydrogen-bond donors (Lipinski definition) is 2. The van der Waals surface area contributed by atoms with Crippen molar-refractivity contribution in [1.82, 2.24) is 5.32 Å². The van der Waals surface area contributed by atoms with Crippen LogP contribution in [-0.4, -0.2) is 23.2 Å². The topological polar surface area (TPSA) is 58.6 Å². The molecule has 1 aromatic carbocycles. The van der Waals surface area contributed by atoms with Gasteiger partial charge in [0.1, 0.15) is 12.4 Å². The summed E-state index contributed by atoms with van der Waals surface area (Å²) < 4.78 is 5.76. The lowest BCUT2D eigenvalue weighted by atomic mass is 9.95. The van der Waals surface area contributed by atoms with Crippen LogP contribution in [-0.2, 0) is 11.3 Å². The standard InChI is InChI=1S/C17H27NO3/c1-12-7-8-14(21-11-17(5,6)15(19)20)13(9-12)10-18-16(2,3)4/h7-9,18H,10-11H2,1-6H3,(H,19,20). The van der Waals surface area contributed by atoms with Gasteiger partial charge in [-0.2, -0.15) is 0 Å². The SMILES string of the molecule is Cc1ccc(OCC(C)(C)C(=O)O)c(CNC(C)(C)C)c1. The summed E-state index contributed by atoms with van der Waals surface area (Å²) in [7, 11) is 0. The smallest absolute Gasteiger partial charge is 0.312 e. The Labute approximate surface area is 127 Å². The van der Waals surface area contributed by atoms with E-state index < -0.39 is 11.4 Å². The van der Waals surface area contributed by atoms with E-state index in [-0.39, 0.29) is 12.1 Å². The molecule has 1 rings (SSSR count). The van der Waals surface area contributed by atoms with E-state index in [1.54, 1.807) is 13.8 Å². The first-order valence-electron chi connectivity index (χ1n) is 7.22. The molecule has 0 heterocycles. The third-order valence-corrected chi connectivity index (χ3v) is 3.19. The summed E-state index contributed by atoms with van der Waals surface area (Å²) in [5, 5.41) is 12.6. The molecule has 0 aromatic heterocycles. The Hall–Kier alpha value is -1.55. The number of aliphatic carboxylic acids is 1. The highest BCUT2D eigenvalue weighted by molar-refractivity contribution is 5.73. The van der Waals surface area contributed by atoms with Gasteiger partial charge in [-0.15, -0.1) is 0 Å². The lowest BCUT2D eigenvalue weighted by molar-refractivity contribution is -0.148. The third-order valence-electron chi connectivity index (χ3n) is 3.19. The highest BCUT2D eigenvalue weighted by Gasteiger charge is 2.28. The zero-order valence-corrected chi connectivity index (χ0v) is 13.9. The second-order valence-corrected chi connectivity index (χ2v) is 7.19. The van der Waals surface area contributed by atoms with Gasteiger partial charge in [0, 0.05) is 17.6 Å². The fraction of sp³-hybridized carbons (Fsp3) is 0.588. The van der Waals surface area contributed by atoms with Crippen LogP contribution in [0.2, 0.25) is 0 Å². The van der Waals surface area contributed by atoms with Gasteiger partial charge < -0.3 is 15.2 Å². The van der Waals surface area contributed by atoms with Crippen molar-refractivity contribution in [2.45, 2.75) is 53.6 Å². The van der Waals surface area contributed by atoms with E-state index in [1.807, 2.05) is 19.1 Å². The number of carboxylic acids is 1. The maximum absolute atomic E-state index is 11.1. The van der Waals surface area contributed by atoms with Crippen LogP contribution in [0.1, 0.15) is 45.7 Å². The Morgan fingerprint density at radius 3 is 2.38 bits per heavy atom. The number of nitrogens with one attached hydrogen (secondary N) is 1. The summed E-state index contributed by atoms with van der Waals surface area (Å²) in [6.07, 6.45) is 0. The molecular formula is C17H27NO3. The fourth-order valence-corrected chi connectivity index (χ4v) is 1.67. The molecule has 0 radical (unpaired) electrons. The Balaban J connectivity index is 2.84. The molecule has 0 fully saturated rings. The Kier molecular flexibility index (Phi) is 5.40. The number of rotatable bonds is 6. The molecule has 0 aliphatic rings. The van der Waals surface area contributed by atoms with Crippen LogP contribution in [0, 0.1) is 12.3 Å². The van der Waals surface area contributed by atoms with Gasteiger partial charge in [0.2, 0.25) is 0 Å². The summed E-state index contributed by atoms with van der Waals surface area (Å²) >= 11 is 0. The summed E-state index contributed by atoms with van der Waals surface area (Å²) in [4.78, 5) is 11.1. The van der Waals surface area contributed by atoms with Crippen LogP contribution < -0.4 is 10.1 Å². The summed E-state index contributed by atoms with van der Waals surface area (Å²) in [5.41, 5.74) is 1.32. The molecule has 0 aliphatic carbocycles. The highest BCUT2D eigenvalue weighted by atomic mass is 16.5. The zero-order chi connectivity index (χ0) is 16.3. The van der Waals surface area contributed by atoms with E-state index in [4.69, 9.17) is 9.84 Å². The summed E-state index contributed by atoms with van der Waals surface area (Å²) in [5.74, 6) is -0.115. The number of carboxylic acid groups (broad SMARTS) is 1. The number of benzene rings is 1. The first kappa shape index (κ1) is 17.5. The van der Waals surface area contributed by atoms with Gasteiger partial charge in [-0.1, -0.05) is 17.7 Å². The second-order valence-electron chi connectivity index (χ2n) is 7.19. The molecule has 4 nitrogen and oxygen atoms in total. The molecule has 0 unspecified atom stereocenters. The van der Waals surface area contributed by atoms with Crippen LogP contribution in [0.5, 0.6) is 5.75 Å².